The average Bonchev–Trinajstić information content (AvgIpc) is 2.45. The molecule has 1 rings (SSSR count). The van der Waals surface area contributed by atoms with Gasteiger partial charge in [0.1, 0.15) is 0 Å². The number of rotatable bonds is 8. The van der Waals surface area contributed by atoms with E-state index in [9.17, 15) is 4.79 Å². The van der Waals surface area contributed by atoms with Crippen LogP contribution in [0.15, 0.2) is 36.9 Å². The molecule has 0 bridgehead atoms. The Morgan fingerprint density at radius 1 is 1.43 bits per heavy atom. The lowest BCUT2D eigenvalue weighted by molar-refractivity contribution is -0.132. The van der Waals surface area contributed by atoms with Crippen molar-refractivity contribution in [3.63, 3.8) is 0 Å². The zero-order valence-electron chi connectivity index (χ0n) is 12.7. The molecule has 0 aliphatic rings. The highest BCUT2D eigenvalue weighted by Crippen LogP contribution is 2.10. The number of carbonyl (C=O) groups is 1. The molecule has 0 saturated carbocycles. The maximum absolute atomic E-state index is 12.4. The Kier molecular flexibility index (Phi) is 10.2. The van der Waals surface area contributed by atoms with Crippen LogP contribution in [0.25, 0.3) is 0 Å². The van der Waals surface area contributed by atoms with E-state index in [1.807, 2.05) is 18.4 Å². The third-order valence-corrected chi connectivity index (χ3v) is 3.75. The molecule has 0 spiro atoms. The summed E-state index contributed by atoms with van der Waals surface area (Å²) >= 11 is 1.71. The number of aryl methyl sites for hydroxylation is 1. The third kappa shape index (κ3) is 7.02. The van der Waals surface area contributed by atoms with Crippen LogP contribution >= 0.6 is 24.2 Å². The average molecular weight is 329 g/mol. The number of nitrogens with zero attached hydrogens (tertiary/aromatic N) is 1. The molecule has 0 saturated heterocycles. The van der Waals surface area contributed by atoms with Crippen molar-refractivity contribution in [2.75, 3.05) is 18.6 Å². The summed E-state index contributed by atoms with van der Waals surface area (Å²) in [7, 11) is 0. The molecule has 1 amide bonds. The first-order chi connectivity index (χ1) is 9.58. The first-order valence-corrected chi connectivity index (χ1v) is 8.17. The van der Waals surface area contributed by atoms with Gasteiger partial charge in [-0.3, -0.25) is 4.79 Å². The van der Waals surface area contributed by atoms with Gasteiger partial charge in [0, 0.05) is 13.1 Å². The van der Waals surface area contributed by atoms with E-state index in [-0.39, 0.29) is 18.3 Å². The van der Waals surface area contributed by atoms with Gasteiger partial charge < -0.3 is 10.6 Å². The Morgan fingerprint density at radius 3 is 2.57 bits per heavy atom. The number of nitrogens with two attached hydrogens (primary N) is 1. The van der Waals surface area contributed by atoms with Crippen molar-refractivity contribution in [1.29, 1.82) is 0 Å². The molecule has 5 heteroatoms. The van der Waals surface area contributed by atoms with E-state index < -0.39 is 6.04 Å². The molecule has 1 atom stereocenters. The molecule has 0 fully saturated rings. The molecule has 118 valence electrons. The van der Waals surface area contributed by atoms with E-state index in [0.717, 1.165) is 11.3 Å². The monoisotopic (exact) mass is 328 g/mol. The van der Waals surface area contributed by atoms with Gasteiger partial charge in [-0.1, -0.05) is 35.9 Å². The van der Waals surface area contributed by atoms with Gasteiger partial charge in [-0.25, -0.2) is 0 Å². The fourth-order valence-corrected chi connectivity index (χ4v) is 2.39. The summed E-state index contributed by atoms with van der Waals surface area (Å²) in [6.45, 7) is 6.88. The van der Waals surface area contributed by atoms with E-state index in [1.54, 1.807) is 22.7 Å². The fourth-order valence-electron chi connectivity index (χ4n) is 1.90. The number of thioether (sulfide) groups is 1. The van der Waals surface area contributed by atoms with Crippen molar-refractivity contribution in [1.82, 2.24) is 4.90 Å². The lowest BCUT2D eigenvalue weighted by Gasteiger charge is -2.24. The van der Waals surface area contributed by atoms with Crippen LogP contribution in [-0.4, -0.2) is 35.4 Å². The molecule has 0 unspecified atom stereocenters. The number of benzene rings is 1. The molecule has 0 aromatic heterocycles. The van der Waals surface area contributed by atoms with Gasteiger partial charge in [0.25, 0.3) is 0 Å². The van der Waals surface area contributed by atoms with E-state index in [4.69, 9.17) is 5.73 Å². The van der Waals surface area contributed by atoms with Crippen molar-refractivity contribution in [2.45, 2.75) is 25.9 Å². The smallest absolute Gasteiger partial charge is 0.240 e. The van der Waals surface area contributed by atoms with Crippen molar-refractivity contribution in [2.24, 2.45) is 5.73 Å². The molecule has 2 N–H and O–H groups in total. The highest BCUT2D eigenvalue weighted by Gasteiger charge is 2.19. The van der Waals surface area contributed by atoms with Gasteiger partial charge in [-0.05, 0) is 30.9 Å². The Bertz CT molecular complexity index is 436. The normalized spacial score (nSPS) is 11.4. The summed E-state index contributed by atoms with van der Waals surface area (Å²) in [4.78, 5) is 14.1. The Hall–Kier alpha value is -0.970. The van der Waals surface area contributed by atoms with Crippen LogP contribution in [0.2, 0.25) is 0 Å². The van der Waals surface area contributed by atoms with Crippen LogP contribution in [0, 0.1) is 6.92 Å². The topological polar surface area (TPSA) is 46.3 Å². The number of carbonyl (C=O) groups excluding carboxylic acids is 1. The lowest BCUT2D eigenvalue weighted by atomic mass is 10.1. The minimum atomic E-state index is -0.423. The molecular formula is C16H25ClN2OS. The number of halogens is 1. The van der Waals surface area contributed by atoms with Gasteiger partial charge in [-0.2, -0.15) is 11.8 Å². The minimum absolute atomic E-state index is 0. The maximum atomic E-state index is 12.4. The second-order valence-electron chi connectivity index (χ2n) is 4.88. The summed E-state index contributed by atoms with van der Waals surface area (Å²) in [5.74, 6) is 0.902. The predicted octanol–water partition coefficient (Wildman–Crippen LogP) is 3.01. The summed E-state index contributed by atoms with van der Waals surface area (Å²) in [5, 5.41) is 0. The molecule has 0 aliphatic heterocycles. The summed E-state index contributed by atoms with van der Waals surface area (Å²) in [6, 6.07) is 7.78. The molecule has 1 aromatic rings. The molecule has 1 aromatic carbocycles. The van der Waals surface area contributed by atoms with Crippen molar-refractivity contribution < 1.29 is 4.79 Å². The Balaban J connectivity index is 0.00000400. The molecular weight excluding hydrogens is 304 g/mol. The summed E-state index contributed by atoms with van der Waals surface area (Å²) < 4.78 is 0. The van der Waals surface area contributed by atoms with Gasteiger partial charge >= 0.3 is 0 Å². The third-order valence-electron chi connectivity index (χ3n) is 3.11. The standard InChI is InChI=1S/C16H24N2OS.ClH/c1-4-10-18(16(19)15(17)9-11-20-3)12-14-7-5-13(2)6-8-14;/h4-8,15H,1,9-12,17H2,2-3H3;1H/t15-;/m0./s1. The highest BCUT2D eigenvalue weighted by atomic mass is 35.5. The lowest BCUT2D eigenvalue weighted by Crippen LogP contribution is -2.43. The second-order valence-corrected chi connectivity index (χ2v) is 5.87. The largest absolute Gasteiger partial charge is 0.333 e. The van der Waals surface area contributed by atoms with Gasteiger partial charge in [0.05, 0.1) is 6.04 Å². The molecule has 0 radical (unpaired) electrons. The highest BCUT2D eigenvalue weighted by molar-refractivity contribution is 7.98. The Morgan fingerprint density at radius 2 is 2.05 bits per heavy atom. The van der Waals surface area contributed by atoms with Crippen LogP contribution < -0.4 is 5.73 Å². The molecule has 0 heterocycles. The van der Waals surface area contributed by atoms with Gasteiger partial charge in [0.15, 0.2) is 0 Å². The van der Waals surface area contributed by atoms with Crippen LogP contribution in [-0.2, 0) is 11.3 Å². The van der Waals surface area contributed by atoms with E-state index in [2.05, 4.69) is 25.6 Å². The number of hydrogen-bond donors (Lipinski definition) is 1. The van der Waals surface area contributed by atoms with Crippen LogP contribution in [0.4, 0.5) is 0 Å². The van der Waals surface area contributed by atoms with E-state index >= 15 is 0 Å². The van der Waals surface area contributed by atoms with Crippen LogP contribution in [0.5, 0.6) is 0 Å². The second kappa shape index (κ2) is 10.7. The zero-order valence-corrected chi connectivity index (χ0v) is 14.4. The molecule has 21 heavy (non-hydrogen) atoms. The van der Waals surface area contributed by atoms with Crippen molar-refractivity contribution in [3.05, 3.63) is 48.0 Å². The number of hydrogen-bond acceptors (Lipinski definition) is 3. The van der Waals surface area contributed by atoms with E-state index in [1.165, 1.54) is 5.56 Å². The summed E-state index contributed by atoms with van der Waals surface area (Å²) in [6.07, 6.45) is 4.47. The number of amides is 1. The zero-order chi connectivity index (χ0) is 15.0. The predicted molar refractivity (Wildman–Crippen MR) is 95.0 cm³/mol. The van der Waals surface area contributed by atoms with Gasteiger partial charge in [0.2, 0.25) is 5.91 Å². The van der Waals surface area contributed by atoms with Gasteiger partial charge in [-0.15, -0.1) is 19.0 Å². The molecule has 3 nitrogen and oxygen atoms in total. The SMILES string of the molecule is C=CCN(Cc1ccc(C)cc1)C(=O)[C@@H](N)CCSC.Cl. The van der Waals surface area contributed by atoms with E-state index in [0.29, 0.717) is 19.5 Å². The Labute approximate surface area is 138 Å². The first-order valence-electron chi connectivity index (χ1n) is 6.78. The first kappa shape index (κ1) is 20.0. The fraction of sp³-hybridized carbons (Fsp3) is 0.438. The summed E-state index contributed by atoms with van der Waals surface area (Å²) in [5.41, 5.74) is 8.30. The van der Waals surface area contributed by atoms with Crippen molar-refractivity contribution in [3.8, 4) is 0 Å². The molecule has 0 aliphatic carbocycles. The van der Waals surface area contributed by atoms with Crippen molar-refractivity contribution >= 4 is 30.1 Å². The minimum Gasteiger partial charge on any atom is -0.333 e. The van der Waals surface area contributed by atoms with Crippen LogP contribution in [0.1, 0.15) is 17.5 Å². The quantitative estimate of drug-likeness (QED) is 0.746. The van der Waals surface area contributed by atoms with Crippen LogP contribution in [0.3, 0.4) is 0 Å². The maximum Gasteiger partial charge on any atom is 0.240 e.